The molecule has 1 fully saturated rings. The summed E-state index contributed by atoms with van der Waals surface area (Å²) < 4.78 is 11.2. The van der Waals surface area contributed by atoms with Gasteiger partial charge in [0, 0.05) is 11.3 Å². The number of benzene rings is 1. The fourth-order valence-electron chi connectivity index (χ4n) is 3.60. The zero-order valence-electron chi connectivity index (χ0n) is 15.9. The van der Waals surface area contributed by atoms with Crippen LogP contribution in [0.15, 0.2) is 28.8 Å². The second-order valence-corrected chi connectivity index (χ2v) is 7.43. The van der Waals surface area contributed by atoms with E-state index >= 15 is 0 Å². The number of hydrogen-bond acceptors (Lipinski definition) is 4. The number of nitrogens with zero attached hydrogens (tertiary/aromatic N) is 1. The SMILES string of the molecule is Cc1noc(C)c1CC(=O)Nc1cccc(CO[C@H]2CCC[C@@H](C)C2)c1. The molecule has 1 N–H and O–H groups in total. The van der Waals surface area contributed by atoms with E-state index in [9.17, 15) is 4.79 Å². The van der Waals surface area contributed by atoms with Gasteiger partial charge in [-0.1, -0.05) is 37.1 Å². The van der Waals surface area contributed by atoms with Crippen LogP contribution >= 0.6 is 0 Å². The Kier molecular flexibility index (Phi) is 6.09. The summed E-state index contributed by atoms with van der Waals surface area (Å²) in [6.45, 7) is 6.56. The lowest BCUT2D eigenvalue weighted by molar-refractivity contribution is -0.115. The van der Waals surface area contributed by atoms with Gasteiger partial charge in [0.25, 0.3) is 0 Å². The first-order valence-corrected chi connectivity index (χ1v) is 9.43. The van der Waals surface area contributed by atoms with E-state index in [4.69, 9.17) is 9.26 Å². The van der Waals surface area contributed by atoms with E-state index in [0.29, 0.717) is 18.5 Å². The van der Waals surface area contributed by atoms with Gasteiger partial charge in [0.15, 0.2) is 0 Å². The fourth-order valence-corrected chi connectivity index (χ4v) is 3.60. The van der Waals surface area contributed by atoms with E-state index in [2.05, 4.69) is 17.4 Å². The van der Waals surface area contributed by atoms with Crippen molar-refractivity contribution >= 4 is 11.6 Å². The van der Waals surface area contributed by atoms with Crippen LogP contribution in [0.4, 0.5) is 5.69 Å². The van der Waals surface area contributed by atoms with Gasteiger partial charge in [0.1, 0.15) is 5.76 Å². The third-order valence-electron chi connectivity index (χ3n) is 5.10. The molecular formula is C21H28N2O3. The highest BCUT2D eigenvalue weighted by molar-refractivity contribution is 5.92. The quantitative estimate of drug-likeness (QED) is 0.823. The van der Waals surface area contributed by atoms with Crippen LogP contribution in [0.25, 0.3) is 0 Å². The van der Waals surface area contributed by atoms with Crippen LogP contribution in [0, 0.1) is 19.8 Å². The van der Waals surface area contributed by atoms with E-state index in [1.807, 2.05) is 38.1 Å². The lowest BCUT2D eigenvalue weighted by Crippen LogP contribution is -2.21. The Bertz CT molecular complexity index is 734. The van der Waals surface area contributed by atoms with Gasteiger partial charge < -0.3 is 14.6 Å². The molecule has 1 saturated carbocycles. The number of anilines is 1. The summed E-state index contributed by atoms with van der Waals surface area (Å²) in [6, 6.07) is 7.87. The van der Waals surface area contributed by atoms with E-state index in [0.717, 1.165) is 41.3 Å². The molecule has 1 aromatic carbocycles. The zero-order valence-corrected chi connectivity index (χ0v) is 15.9. The van der Waals surface area contributed by atoms with Crippen molar-refractivity contribution in [3.63, 3.8) is 0 Å². The molecule has 1 aliphatic carbocycles. The first kappa shape index (κ1) is 18.6. The number of aromatic nitrogens is 1. The average molecular weight is 356 g/mol. The highest BCUT2D eigenvalue weighted by atomic mass is 16.5. The molecule has 1 amide bonds. The summed E-state index contributed by atoms with van der Waals surface area (Å²) >= 11 is 0. The van der Waals surface area contributed by atoms with Crippen LogP contribution in [0.3, 0.4) is 0 Å². The van der Waals surface area contributed by atoms with Crippen molar-refractivity contribution in [3.8, 4) is 0 Å². The first-order valence-electron chi connectivity index (χ1n) is 9.43. The number of nitrogens with one attached hydrogen (secondary N) is 1. The van der Waals surface area contributed by atoms with Gasteiger partial charge in [-0.15, -0.1) is 0 Å². The molecule has 0 radical (unpaired) electrons. The molecule has 1 aromatic heterocycles. The standard InChI is InChI=1S/C21H28N2O3/c1-14-6-4-9-19(10-14)25-13-17-7-5-8-18(11-17)22-21(24)12-20-15(2)23-26-16(20)3/h5,7-8,11,14,19H,4,6,9-10,12-13H2,1-3H3,(H,22,24)/t14-,19+/m1/s1. The molecular weight excluding hydrogens is 328 g/mol. The third-order valence-corrected chi connectivity index (χ3v) is 5.10. The normalized spacial score (nSPS) is 20.1. The molecule has 3 rings (SSSR count). The van der Waals surface area contributed by atoms with Gasteiger partial charge in [0.2, 0.25) is 5.91 Å². The van der Waals surface area contributed by atoms with Gasteiger partial charge in [0.05, 0.1) is 24.8 Å². The fraction of sp³-hybridized carbons (Fsp3) is 0.524. The predicted molar refractivity (Wildman–Crippen MR) is 101 cm³/mol. The first-order chi connectivity index (χ1) is 12.5. The number of amides is 1. The van der Waals surface area contributed by atoms with Crippen LogP contribution in [-0.2, 0) is 22.6 Å². The summed E-state index contributed by atoms with van der Waals surface area (Å²) in [4.78, 5) is 12.3. The van der Waals surface area contributed by atoms with Gasteiger partial charge in [-0.2, -0.15) is 0 Å². The molecule has 2 aromatic rings. The molecule has 1 aliphatic rings. The van der Waals surface area contributed by atoms with E-state index in [1.165, 1.54) is 12.8 Å². The van der Waals surface area contributed by atoms with Gasteiger partial charge in [-0.05, 0) is 50.3 Å². The van der Waals surface area contributed by atoms with Crippen LogP contribution < -0.4 is 5.32 Å². The van der Waals surface area contributed by atoms with E-state index in [1.54, 1.807) is 0 Å². The maximum absolute atomic E-state index is 12.3. The van der Waals surface area contributed by atoms with Crippen molar-refractivity contribution in [1.29, 1.82) is 0 Å². The van der Waals surface area contributed by atoms with Crippen molar-refractivity contribution in [3.05, 3.63) is 46.8 Å². The Balaban J connectivity index is 1.54. The largest absolute Gasteiger partial charge is 0.374 e. The van der Waals surface area contributed by atoms with Crippen molar-refractivity contribution in [1.82, 2.24) is 5.16 Å². The zero-order chi connectivity index (χ0) is 18.5. The minimum absolute atomic E-state index is 0.0708. The molecule has 2 atom stereocenters. The summed E-state index contributed by atoms with van der Waals surface area (Å²) in [7, 11) is 0. The van der Waals surface area contributed by atoms with Crippen LogP contribution in [0.5, 0.6) is 0 Å². The Morgan fingerprint density at radius 3 is 2.92 bits per heavy atom. The minimum Gasteiger partial charge on any atom is -0.374 e. The molecule has 140 valence electrons. The third kappa shape index (κ3) is 4.94. The molecule has 0 saturated heterocycles. The number of carbonyl (C=O) groups is 1. The lowest BCUT2D eigenvalue weighted by atomic mass is 9.89. The van der Waals surface area contributed by atoms with Crippen molar-refractivity contribution in [2.45, 2.75) is 65.6 Å². The Morgan fingerprint density at radius 1 is 1.35 bits per heavy atom. The van der Waals surface area contributed by atoms with Gasteiger partial charge >= 0.3 is 0 Å². The van der Waals surface area contributed by atoms with E-state index in [-0.39, 0.29) is 12.3 Å². The summed E-state index contributed by atoms with van der Waals surface area (Å²) in [5.41, 5.74) is 3.49. The maximum atomic E-state index is 12.3. The molecule has 5 nitrogen and oxygen atoms in total. The Hall–Kier alpha value is -2.14. The number of aryl methyl sites for hydroxylation is 2. The second-order valence-electron chi connectivity index (χ2n) is 7.43. The number of ether oxygens (including phenoxy) is 1. The average Bonchev–Trinajstić information content (AvgIpc) is 2.92. The van der Waals surface area contributed by atoms with Crippen molar-refractivity contribution < 1.29 is 14.1 Å². The summed E-state index contributed by atoms with van der Waals surface area (Å²) in [6.07, 6.45) is 5.49. The highest BCUT2D eigenvalue weighted by Gasteiger charge is 2.19. The molecule has 0 aliphatic heterocycles. The van der Waals surface area contributed by atoms with Crippen LogP contribution in [0.2, 0.25) is 0 Å². The second kappa shape index (κ2) is 8.49. The van der Waals surface area contributed by atoms with Gasteiger partial charge in [-0.3, -0.25) is 4.79 Å². The van der Waals surface area contributed by atoms with Crippen molar-refractivity contribution in [2.24, 2.45) is 5.92 Å². The Morgan fingerprint density at radius 2 is 2.19 bits per heavy atom. The number of hydrogen-bond donors (Lipinski definition) is 1. The van der Waals surface area contributed by atoms with Crippen molar-refractivity contribution in [2.75, 3.05) is 5.32 Å². The molecule has 0 unspecified atom stereocenters. The summed E-state index contributed by atoms with van der Waals surface area (Å²) in [5, 5.41) is 6.85. The molecule has 1 heterocycles. The predicted octanol–water partition coefficient (Wildman–Crippen LogP) is 4.57. The maximum Gasteiger partial charge on any atom is 0.228 e. The highest BCUT2D eigenvalue weighted by Crippen LogP contribution is 2.26. The smallest absolute Gasteiger partial charge is 0.228 e. The Labute approximate surface area is 155 Å². The molecule has 5 heteroatoms. The molecule has 26 heavy (non-hydrogen) atoms. The minimum atomic E-state index is -0.0708. The van der Waals surface area contributed by atoms with Gasteiger partial charge in [-0.25, -0.2) is 0 Å². The van der Waals surface area contributed by atoms with E-state index < -0.39 is 0 Å². The number of rotatable bonds is 6. The molecule has 0 spiro atoms. The molecule has 0 bridgehead atoms. The monoisotopic (exact) mass is 356 g/mol. The number of carbonyl (C=O) groups excluding carboxylic acids is 1. The summed E-state index contributed by atoms with van der Waals surface area (Å²) in [5.74, 6) is 1.38. The topological polar surface area (TPSA) is 64.4 Å². The van der Waals surface area contributed by atoms with Crippen LogP contribution in [-0.4, -0.2) is 17.2 Å². The van der Waals surface area contributed by atoms with Crippen LogP contribution in [0.1, 0.15) is 55.2 Å². The lowest BCUT2D eigenvalue weighted by Gasteiger charge is -2.26.